The lowest BCUT2D eigenvalue weighted by Gasteiger charge is -2.26. The Bertz CT molecular complexity index is 511. The average molecular weight is 289 g/mol. The molecule has 0 radical (unpaired) electrons. The van der Waals surface area contributed by atoms with Crippen LogP contribution in [0.25, 0.3) is 0 Å². The predicted molar refractivity (Wildman–Crippen MR) is 88.1 cm³/mol. The van der Waals surface area contributed by atoms with E-state index in [1.165, 1.54) is 24.8 Å². The van der Waals surface area contributed by atoms with Gasteiger partial charge in [0.05, 0.1) is 0 Å². The molecule has 21 heavy (non-hydrogen) atoms. The maximum atomic E-state index is 9.00. The van der Waals surface area contributed by atoms with Gasteiger partial charge in [0, 0.05) is 24.3 Å². The number of nitrogens with two attached hydrogens (primary N) is 1. The molecule has 1 heterocycles. The SMILES string of the molecule is Cc1ccc(C(N)=NO)c(N2CCCC(C(C)C)CC2)c1. The molecule has 1 aliphatic rings. The zero-order valence-electron chi connectivity index (χ0n) is 13.3. The highest BCUT2D eigenvalue weighted by atomic mass is 16.4. The zero-order valence-corrected chi connectivity index (χ0v) is 13.3. The topological polar surface area (TPSA) is 61.9 Å². The number of hydrogen-bond donors (Lipinski definition) is 2. The first-order valence-corrected chi connectivity index (χ1v) is 7.86. The van der Waals surface area contributed by atoms with E-state index in [-0.39, 0.29) is 5.84 Å². The molecule has 1 aromatic carbocycles. The standard InChI is InChI=1S/C17H27N3O/c1-12(2)14-5-4-9-20(10-8-14)16-11-13(3)6-7-15(16)17(18)19-21/h6-7,11-12,14,21H,4-5,8-10H2,1-3H3,(H2,18,19). The quantitative estimate of drug-likeness (QED) is 0.388. The van der Waals surface area contributed by atoms with Gasteiger partial charge in [-0.1, -0.05) is 25.1 Å². The van der Waals surface area contributed by atoms with Crippen LogP contribution in [0.15, 0.2) is 23.4 Å². The van der Waals surface area contributed by atoms with Crippen molar-refractivity contribution in [1.29, 1.82) is 0 Å². The van der Waals surface area contributed by atoms with Gasteiger partial charge in [-0.25, -0.2) is 0 Å². The summed E-state index contributed by atoms with van der Waals surface area (Å²) in [4.78, 5) is 2.39. The van der Waals surface area contributed by atoms with Crippen LogP contribution in [0.2, 0.25) is 0 Å². The minimum absolute atomic E-state index is 0.189. The largest absolute Gasteiger partial charge is 0.409 e. The second kappa shape index (κ2) is 6.83. The van der Waals surface area contributed by atoms with E-state index in [1.807, 2.05) is 12.1 Å². The number of oxime groups is 1. The number of hydrogen-bond acceptors (Lipinski definition) is 3. The first-order valence-electron chi connectivity index (χ1n) is 7.86. The van der Waals surface area contributed by atoms with Crippen molar-refractivity contribution in [3.63, 3.8) is 0 Å². The highest BCUT2D eigenvalue weighted by Crippen LogP contribution is 2.29. The Morgan fingerprint density at radius 2 is 2.10 bits per heavy atom. The van der Waals surface area contributed by atoms with Crippen LogP contribution in [0.3, 0.4) is 0 Å². The van der Waals surface area contributed by atoms with Crippen molar-refractivity contribution >= 4 is 11.5 Å². The average Bonchev–Trinajstić information content (AvgIpc) is 2.72. The Balaban J connectivity index is 2.27. The van der Waals surface area contributed by atoms with Gasteiger partial charge in [-0.3, -0.25) is 0 Å². The fourth-order valence-corrected chi connectivity index (χ4v) is 3.20. The van der Waals surface area contributed by atoms with Gasteiger partial charge in [-0.2, -0.15) is 0 Å². The van der Waals surface area contributed by atoms with E-state index in [1.54, 1.807) is 0 Å². The van der Waals surface area contributed by atoms with Crippen molar-refractivity contribution < 1.29 is 5.21 Å². The number of anilines is 1. The van der Waals surface area contributed by atoms with Crippen LogP contribution in [-0.4, -0.2) is 24.1 Å². The third-order valence-corrected chi connectivity index (χ3v) is 4.59. The molecule has 0 aromatic heterocycles. The Kier molecular flexibility index (Phi) is 5.10. The minimum atomic E-state index is 0.189. The molecule has 4 nitrogen and oxygen atoms in total. The highest BCUT2D eigenvalue weighted by Gasteiger charge is 2.21. The molecule has 3 N–H and O–H groups in total. The molecule has 1 aliphatic heterocycles. The van der Waals surface area contributed by atoms with Crippen LogP contribution in [0.1, 0.15) is 44.2 Å². The maximum absolute atomic E-state index is 9.00. The van der Waals surface area contributed by atoms with Crippen molar-refractivity contribution in [1.82, 2.24) is 0 Å². The molecule has 1 unspecified atom stereocenters. The summed E-state index contributed by atoms with van der Waals surface area (Å²) in [5.74, 6) is 1.73. The lowest BCUT2D eigenvalue weighted by atomic mass is 9.89. The van der Waals surface area contributed by atoms with E-state index in [4.69, 9.17) is 10.9 Å². The lowest BCUT2D eigenvalue weighted by Crippen LogP contribution is -2.28. The van der Waals surface area contributed by atoms with Gasteiger partial charge in [-0.05, 0) is 55.7 Å². The molecule has 0 bridgehead atoms. The van der Waals surface area contributed by atoms with Gasteiger partial charge >= 0.3 is 0 Å². The fraction of sp³-hybridized carbons (Fsp3) is 0.588. The van der Waals surface area contributed by atoms with Crippen LogP contribution >= 0.6 is 0 Å². The second-order valence-electron chi connectivity index (χ2n) is 6.43. The molecule has 0 amide bonds. The number of aryl methyl sites for hydroxylation is 1. The summed E-state index contributed by atoms with van der Waals surface area (Å²) in [6.07, 6.45) is 3.70. The van der Waals surface area contributed by atoms with Crippen molar-refractivity contribution in [2.75, 3.05) is 18.0 Å². The van der Waals surface area contributed by atoms with Crippen LogP contribution in [0, 0.1) is 18.8 Å². The van der Waals surface area contributed by atoms with Gasteiger partial charge in [0.25, 0.3) is 0 Å². The third kappa shape index (κ3) is 3.69. The number of amidine groups is 1. The summed E-state index contributed by atoms with van der Waals surface area (Å²) in [6.45, 7) is 8.79. The van der Waals surface area contributed by atoms with E-state index < -0.39 is 0 Å². The summed E-state index contributed by atoms with van der Waals surface area (Å²) in [5, 5.41) is 12.2. The molecule has 116 valence electrons. The first-order chi connectivity index (χ1) is 10.0. The van der Waals surface area contributed by atoms with Gasteiger partial charge in [0.1, 0.15) is 0 Å². The Morgan fingerprint density at radius 3 is 2.76 bits per heavy atom. The molecule has 1 aromatic rings. The molecule has 0 aliphatic carbocycles. The van der Waals surface area contributed by atoms with E-state index in [0.717, 1.165) is 36.2 Å². The van der Waals surface area contributed by atoms with E-state index >= 15 is 0 Å². The molecule has 4 heteroatoms. The summed E-state index contributed by atoms with van der Waals surface area (Å²) >= 11 is 0. The van der Waals surface area contributed by atoms with Gasteiger partial charge in [0.2, 0.25) is 0 Å². The van der Waals surface area contributed by atoms with Crippen molar-refractivity contribution in [3.8, 4) is 0 Å². The van der Waals surface area contributed by atoms with Crippen molar-refractivity contribution in [2.24, 2.45) is 22.7 Å². The Labute approximate surface area is 127 Å². The monoisotopic (exact) mass is 289 g/mol. The molecular weight excluding hydrogens is 262 g/mol. The van der Waals surface area contributed by atoms with E-state index in [0.29, 0.717) is 0 Å². The molecule has 1 fully saturated rings. The number of benzene rings is 1. The number of nitrogens with zero attached hydrogens (tertiary/aromatic N) is 2. The molecule has 0 spiro atoms. The summed E-state index contributed by atoms with van der Waals surface area (Å²) in [7, 11) is 0. The van der Waals surface area contributed by atoms with E-state index in [2.05, 4.69) is 36.9 Å². The van der Waals surface area contributed by atoms with Crippen LogP contribution < -0.4 is 10.6 Å². The minimum Gasteiger partial charge on any atom is -0.409 e. The zero-order chi connectivity index (χ0) is 15.4. The normalized spacial score (nSPS) is 20.7. The van der Waals surface area contributed by atoms with Gasteiger partial charge in [-0.15, -0.1) is 0 Å². The number of rotatable bonds is 3. The van der Waals surface area contributed by atoms with Gasteiger partial charge in [0.15, 0.2) is 5.84 Å². The lowest BCUT2D eigenvalue weighted by molar-refractivity contribution is 0.318. The Morgan fingerprint density at radius 1 is 1.33 bits per heavy atom. The summed E-state index contributed by atoms with van der Waals surface area (Å²) in [6, 6.07) is 6.10. The molecular formula is C17H27N3O. The highest BCUT2D eigenvalue weighted by molar-refractivity contribution is 6.02. The summed E-state index contributed by atoms with van der Waals surface area (Å²) < 4.78 is 0. The third-order valence-electron chi connectivity index (χ3n) is 4.59. The van der Waals surface area contributed by atoms with Crippen molar-refractivity contribution in [3.05, 3.63) is 29.3 Å². The van der Waals surface area contributed by atoms with Crippen LogP contribution in [0.5, 0.6) is 0 Å². The van der Waals surface area contributed by atoms with E-state index in [9.17, 15) is 0 Å². The molecule has 2 rings (SSSR count). The Hall–Kier alpha value is -1.71. The molecule has 1 atom stereocenters. The first kappa shape index (κ1) is 15.7. The predicted octanol–water partition coefficient (Wildman–Crippen LogP) is 3.35. The maximum Gasteiger partial charge on any atom is 0.172 e. The van der Waals surface area contributed by atoms with Gasteiger partial charge < -0.3 is 15.8 Å². The van der Waals surface area contributed by atoms with Crippen molar-refractivity contribution in [2.45, 2.75) is 40.0 Å². The van der Waals surface area contributed by atoms with Crippen LogP contribution in [-0.2, 0) is 0 Å². The molecule has 1 saturated heterocycles. The second-order valence-corrected chi connectivity index (χ2v) is 6.43. The molecule has 0 saturated carbocycles. The summed E-state index contributed by atoms with van der Waals surface area (Å²) in [5.41, 5.74) is 8.96. The van der Waals surface area contributed by atoms with Crippen LogP contribution in [0.4, 0.5) is 5.69 Å². The fourth-order valence-electron chi connectivity index (χ4n) is 3.20. The smallest absolute Gasteiger partial charge is 0.172 e.